The van der Waals surface area contributed by atoms with E-state index in [1.165, 1.54) is 0 Å². The molecule has 1 N–H and O–H groups in total. The minimum absolute atomic E-state index is 0.0913. The molecular weight excluding hydrogens is 269 g/mol. The summed E-state index contributed by atoms with van der Waals surface area (Å²) in [6.07, 6.45) is 0. The van der Waals surface area contributed by atoms with Crippen LogP contribution in [0.2, 0.25) is 0 Å². The fourth-order valence-electron chi connectivity index (χ4n) is 0.793. The summed E-state index contributed by atoms with van der Waals surface area (Å²) in [5.41, 5.74) is 0.765. The first kappa shape index (κ1) is 9.57. The molecule has 3 nitrogen and oxygen atoms in total. The summed E-state index contributed by atoms with van der Waals surface area (Å²) >= 11 is -0.981. The summed E-state index contributed by atoms with van der Waals surface area (Å²) in [5, 5.41) is 2.73. The van der Waals surface area contributed by atoms with Gasteiger partial charge in [-0.1, -0.05) is 0 Å². The van der Waals surface area contributed by atoms with E-state index in [1.807, 2.05) is 0 Å². The van der Waals surface area contributed by atoms with E-state index >= 15 is 0 Å². The Morgan fingerprint density at radius 3 is 2.92 bits per heavy atom. The van der Waals surface area contributed by atoms with E-state index in [4.69, 9.17) is 4.74 Å². The predicted octanol–water partition coefficient (Wildman–Crippen LogP) is 1.25. The van der Waals surface area contributed by atoms with Crippen molar-refractivity contribution in [1.29, 1.82) is 0 Å². The monoisotopic (exact) mass is 281 g/mol. The van der Waals surface area contributed by atoms with Crippen LogP contribution in [0, 0.1) is 0 Å². The van der Waals surface area contributed by atoms with E-state index in [9.17, 15) is 4.79 Å². The number of halogens is 1. The average Bonchev–Trinajstić information content (AvgIpc) is 1.96. The Morgan fingerprint density at radius 1 is 1.67 bits per heavy atom. The molecule has 1 heterocycles. The van der Waals surface area contributed by atoms with Crippen LogP contribution >= 0.6 is 19.8 Å². The summed E-state index contributed by atoms with van der Waals surface area (Å²) in [4.78, 5) is 15.3. The van der Waals surface area contributed by atoms with Crippen LogP contribution in [0.4, 0.5) is 0 Å². The maximum atomic E-state index is 10.9. The van der Waals surface area contributed by atoms with Gasteiger partial charge in [-0.3, -0.25) is 0 Å². The van der Waals surface area contributed by atoms with Gasteiger partial charge in [-0.05, 0) is 0 Å². The van der Waals surface area contributed by atoms with Crippen molar-refractivity contribution in [1.82, 2.24) is 5.32 Å². The summed E-state index contributed by atoms with van der Waals surface area (Å²) in [6.45, 7) is 3.80. The molecular formula is C8H12INO2. The predicted molar refractivity (Wildman–Crippen MR) is 57.2 cm³/mol. The average molecular weight is 281 g/mol. The molecule has 1 saturated heterocycles. The summed E-state index contributed by atoms with van der Waals surface area (Å²) < 4.78 is 7.13. The molecule has 0 aromatic heterocycles. The van der Waals surface area contributed by atoms with Crippen molar-refractivity contribution in [3.05, 3.63) is 22.1 Å². The number of nitrogens with one attached hydrogen (secondary N) is 1. The Hall–Kier alpha value is -0.520. The van der Waals surface area contributed by atoms with Crippen LogP contribution in [0.1, 0.15) is 0 Å². The van der Waals surface area contributed by atoms with Gasteiger partial charge >= 0.3 is 79.2 Å². The standard InChI is InChI=1S/C8H12INO2/c1-6-7(4-9(2)3)10-8(11)5-12-6/h4H,1,5H2,2-3H3,(H,10,11)/b7-4+. The van der Waals surface area contributed by atoms with Crippen molar-refractivity contribution in [3.63, 3.8) is 0 Å². The van der Waals surface area contributed by atoms with Gasteiger partial charge in [-0.15, -0.1) is 0 Å². The number of rotatable bonds is 1. The molecule has 0 saturated carbocycles. The fraction of sp³-hybridized carbons (Fsp3) is 0.375. The molecule has 68 valence electrons. The minimum atomic E-state index is -0.981. The number of hydrogen-bond acceptors (Lipinski definition) is 2. The van der Waals surface area contributed by atoms with Crippen LogP contribution in [0.3, 0.4) is 0 Å². The van der Waals surface area contributed by atoms with E-state index < -0.39 is 19.8 Å². The van der Waals surface area contributed by atoms with Crippen molar-refractivity contribution in [2.24, 2.45) is 0 Å². The Balaban J connectivity index is 2.73. The Morgan fingerprint density at radius 2 is 2.33 bits per heavy atom. The number of morpholine rings is 1. The van der Waals surface area contributed by atoms with Crippen molar-refractivity contribution in [3.8, 4) is 0 Å². The molecule has 0 unspecified atom stereocenters. The van der Waals surface area contributed by atoms with E-state index in [0.717, 1.165) is 5.70 Å². The van der Waals surface area contributed by atoms with Gasteiger partial charge in [0.1, 0.15) is 0 Å². The van der Waals surface area contributed by atoms with Crippen LogP contribution in [-0.2, 0) is 9.53 Å². The number of ether oxygens (including phenoxy) is 1. The van der Waals surface area contributed by atoms with Crippen molar-refractivity contribution in [2.75, 3.05) is 16.5 Å². The van der Waals surface area contributed by atoms with E-state index in [1.54, 1.807) is 0 Å². The number of carbonyl (C=O) groups excluding carboxylic acids is 1. The first-order valence-corrected chi connectivity index (χ1v) is 8.98. The first-order valence-electron chi connectivity index (χ1n) is 3.42. The maximum absolute atomic E-state index is 10.9. The molecule has 1 aliphatic heterocycles. The third kappa shape index (κ3) is 2.51. The Labute approximate surface area is 79.2 Å². The quantitative estimate of drug-likeness (QED) is 0.580. The fourth-order valence-corrected chi connectivity index (χ4v) is 2.54. The number of amides is 1. The van der Waals surface area contributed by atoms with Gasteiger partial charge in [0.2, 0.25) is 0 Å². The zero-order chi connectivity index (χ0) is 9.14. The molecule has 0 spiro atoms. The third-order valence-corrected chi connectivity index (χ3v) is 3.15. The molecule has 1 aliphatic rings. The van der Waals surface area contributed by atoms with Gasteiger partial charge in [0.15, 0.2) is 0 Å². The second-order valence-electron chi connectivity index (χ2n) is 2.60. The Kier molecular flexibility index (Phi) is 3.13. The van der Waals surface area contributed by atoms with Gasteiger partial charge < -0.3 is 0 Å². The molecule has 0 aromatic carbocycles. The zero-order valence-corrected chi connectivity index (χ0v) is 9.34. The SMILES string of the molecule is C=C1OCC(=O)N/C1=C/I(C)C. The number of carbonyl (C=O) groups is 1. The van der Waals surface area contributed by atoms with Crippen molar-refractivity contribution >= 4 is 25.7 Å². The molecule has 4 heteroatoms. The second kappa shape index (κ2) is 3.93. The molecule has 0 bridgehead atoms. The third-order valence-electron chi connectivity index (χ3n) is 1.28. The summed E-state index contributed by atoms with van der Waals surface area (Å²) in [5.74, 6) is 0.493. The topological polar surface area (TPSA) is 38.3 Å². The van der Waals surface area contributed by atoms with Gasteiger partial charge in [0.25, 0.3) is 0 Å². The molecule has 0 radical (unpaired) electrons. The zero-order valence-electron chi connectivity index (χ0n) is 7.19. The van der Waals surface area contributed by atoms with Crippen LogP contribution in [-0.4, -0.2) is 22.4 Å². The van der Waals surface area contributed by atoms with Gasteiger partial charge in [0, 0.05) is 0 Å². The van der Waals surface area contributed by atoms with Gasteiger partial charge in [0.05, 0.1) is 0 Å². The van der Waals surface area contributed by atoms with E-state index in [2.05, 4.69) is 25.8 Å². The van der Waals surface area contributed by atoms with Crippen LogP contribution in [0.5, 0.6) is 0 Å². The molecule has 12 heavy (non-hydrogen) atoms. The molecule has 1 rings (SSSR count). The van der Waals surface area contributed by atoms with Gasteiger partial charge in [-0.2, -0.15) is 0 Å². The summed E-state index contributed by atoms with van der Waals surface area (Å²) in [7, 11) is 0. The van der Waals surface area contributed by atoms with Crippen LogP contribution in [0.25, 0.3) is 0 Å². The van der Waals surface area contributed by atoms with Crippen molar-refractivity contribution < 1.29 is 9.53 Å². The van der Waals surface area contributed by atoms with Crippen LogP contribution < -0.4 is 5.32 Å². The van der Waals surface area contributed by atoms with E-state index in [-0.39, 0.29) is 12.5 Å². The first-order chi connectivity index (χ1) is 5.59. The molecule has 0 aliphatic carbocycles. The molecule has 1 amide bonds. The number of hydrogen-bond donors (Lipinski definition) is 1. The van der Waals surface area contributed by atoms with E-state index in [0.29, 0.717) is 5.76 Å². The molecule has 0 aromatic rings. The molecule has 1 fully saturated rings. The second-order valence-corrected chi connectivity index (χ2v) is 7.87. The normalized spacial score (nSPS) is 21.8. The molecule has 0 atom stereocenters. The van der Waals surface area contributed by atoms with Gasteiger partial charge in [-0.25, -0.2) is 0 Å². The van der Waals surface area contributed by atoms with Crippen molar-refractivity contribution in [2.45, 2.75) is 0 Å². The number of alkyl halides is 2. The Bertz CT molecular complexity index is 245. The summed E-state index contributed by atoms with van der Waals surface area (Å²) in [6, 6.07) is 0. The van der Waals surface area contributed by atoms with Crippen LogP contribution in [0.15, 0.2) is 22.1 Å².